The second-order valence-corrected chi connectivity index (χ2v) is 8.98. The van der Waals surface area contributed by atoms with E-state index in [2.05, 4.69) is 5.32 Å². The van der Waals surface area contributed by atoms with Crippen LogP contribution in [0.2, 0.25) is 5.02 Å². The van der Waals surface area contributed by atoms with Crippen LogP contribution < -0.4 is 10.2 Å². The highest BCUT2D eigenvalue weighted by Crippen LogP contribution is 2.60. The Hall–Kier alpha value is -3.30. The lowest BCUT2D eigenvalue weighted by Gasteiger charge is -2.36. The molecule has 0 bridgehead atoms. The smallest absolute Gasteiger partial charge is 0.271 e. The number of halogens is 1. The molecule has 4 heterocycles. The first-order valence-corrected chi connectivity index (χ1v) is 10.7. The number of hydrogen-bond donors (Lipinski definition) is 1. The van der Waals surface area contributed by atoms with Crippen LogP contribution in [0.1, 0.15) is 18.4 Å². The molecule has 2 aromatic carbocycles. The van der Waals surface area contributed by atoms with Crippen LogP contribution in [0.5, 0.6) is 0 Å². The van der Waals surface area contributed by atoms with Crippen LogP contribution in [-0.2, 0) is 19.9 Å². The zero-order valence-electron chi connectivity index (χ0n) is 16.7. The van der Waals surface area contributed by atoms with E-state index in [1.165, 1.54) is 12.1 Å². The Balaban J connectivity index is 1.55. The molecule has 0 aliphatic carbocycles. The lowest BCUT2D eigenvalue weighted by atomic mass is 9.75. The van der Waals surface area contributed by atoms with Gasteiger partial charge in [-0.15, -0.1) is 0 Å². The fourth-order valence-electron chi connectivity index (χ4n) is 6.18. The summed E-state index contributed by atoms with van der Waals surface area (Å²) in [5, 5.41) is 14.3. The number of amides is 3. The van der Waals surface area contributed by atoms with Gasteiger partial charge in [0.15, 0.2) is 0 Å². The summed E-state index contributed by atoms with van der Waals surface area (Å²) in [5.74, 6) is -2.99. The van der Waals surface area contributed by atoms with Crippen molar-refractivity contribution in [1.29, 1.82) is 0 Å². The van der Waals surface area contributed by atoms with Crippen LogP contribution in [0.3, 0.4) is 0 Å². The number of anilines is 2. The number of fused-ring (bicyclic) bond motifs is 7. The largest absolute Gasteiger partial charge is 0.324 e. The van der Waals surface area contributed by atoms with Crippen molar-refractivity contribution in [3.8, 4) is 0 Å². The molecule has 4 aliphatic rings. The molecule has 2 aromatic rings. The molecule has 3 fully saturated rings. The number of nitrogens with one attached hydrogen (secondary N) is 1. The summed E-state index contributed by atoms with van der Waals surface area (Å²) in [6.45, 7) is 0.609. The van der Waals surface area contributed by atoms with Crippen molar-refractivity contribution in [1.82, 2.24) is 4.90 Å². The van der Waals surface area contributed by atoms with Crippen molar-refractivity contribution in [2.75, 3.05) is 16.8 Å². The fraction of sp³-hybridized carbons (Fsp3) is 0.318. The number of imide groups is 1. The van der Waals surface area contributed by atoms with Gasteiger partial charge >= 0.3 is 0 Å². The van der Waals surface area contributed by atoms with Crippen molar-refractivity contribution in [3.05, 3.63) is 63.2 Å². The molecule has 6 rings (SSSR count). The zero-order chi connectivity index (χ0) is 22.4. The molecule has 32 heavy (non-hydrogen) atoms. The standard InChI is InChI=1S/C22H17ClN4O5/c23-13-8-7-11(27(31)32)10-16(13)26-19(28)17-15-6-3-9-25(15)22(18(17)20(26)29)12-4-1-2-5-14(12)24-21(22)30/h1-2,4-5,7-8,10,15,17-18H,3,6,9H2,(H,24,30). The maximum Gasteiger partial charge on any atom is 0.271 e. The normalized spacial score (nSPS) is 30.6. The van der Waals surface area contributed by atoms with Crippen molar-refractivity contribution >= 4 is 46.4 Å². The van der Waals surface area contributed by atoms with Crippen molar-refractivity contribution in [2.45, 2.75) is 24.4 Å². The number of rotatable bonds is 2. The summed E-state index contributed by atoms with van der Waals surface area (Å²) in [5.41, 5.74) is -0.245. The van der Waals surface area contributed by atoms with E-state index >= 15 is 0 Å². The first-order chi connectivity index (χ1) is 15.4. The molecule has 9 nitrogen and oxygen atoms in total. The highest BCUT2D eigenvalue weighted by atomic mass is 35.5. The summed E-state index contributed by atoms with van der Waals surface area (Å²) in [6, 6.07) is 10.6. The zero-order valence-corrected chi connectivity index (χ0v) is 17.4. The molecule has 10 heteroatoms. The van der Waals surface area contributed by atoms with Gasteiger partial charge in [0.2, 0.25) is 17.7 Å². The van der Waals surface area contributed by atoms with Crippen LogP contribution in [-0.4, -0.2) is 40.1 Å². The molecular weight excluding hydrogens is 436 g/mol. The number of para-hydroxylation sites is 1. The van der Waals surface area contributed by atoms with Crippen LogP contribution in [0.25, 0.3) is 0 Å². The van der Waals surface area contributed by atoms with Crippen LogP contribution in [0.15, 0.2) is 42.5 Å². The number of nitro groups is 1. The van der Waals surface area contributed by atoms with Gasteiger partial charge in [0.1, 0.15) is 5.54 Å². The van der Waals surface area contributed by atoms with E-state index in [9.17, 15) is 24.5 Å². The van der Waals surface area contributed by atoms with Crippen LogP contribution >= 0.6 is 11.6 Å². The second kappa shape index (κ2) is 6.36. The Morgan fingerprint density at radius 3 is 2.69 bits per heavy atom. The first-order valence-electron chi connectivity index (χ1n) is 10.4. The minimum Gasteiger partial charge on any atom is -0.324 e. The van der Waals surface area contributed by atoms with Crippen molar-refractivity contribution in [2.24, 2.45) is 11.8 Å². The van der Waals surface area contributed by atoms with Gasteiger partial charge in [-0.05, 0) is 31.5 Å². The Morgan fingerprint density at radius 2 is 1.91 bits per heavy atom. The topological polar surface area (TPSA) is 113 Å². The van der Waals surface area contributed by atoms with Gasteiger partial charge < -0.3 is 5.32 Å². The van der Waals surface area contributed by atoms with Gasteiger partial charge in [-0.1, -0.05) is 29.8 Å². The quantitative estimate of drug-likeness (QED) is 0.426. The summed E-state index contributed by atoms with van der Waals surface area (Å²) >= 11 is 6.28. The third-order valence-corrected chi connectivity index (χ3v) is 7.60. The molecule has 4 aliphatic heterocycles. The first kappa shape index (κ1) is 19.4. The Morgan fingerprint density at radius 1 is 1.12 bits per heavy atom. The molecule has 162 valence electrons. The molecule has 1 spiro atoms. The minimum absolute atomic E-state index is 0.0170. The number of carbonyl (C=O) groups excluding carboxylic acids is 3. The maximum absolute atomic E-state index is 13.8. The van der Waals surface area contributed by atoms with Crippen molar-refractivity contribution in [3.63, 3.8) is 0 Å². The highest BCUT2D eigenvalue weighted by Gasteiger charge is 2.74. The average Bonchev–Trinajstić information content (AvgIpc) is 3.47. The second-order valence-electron chi connectivity index (χ2n) is 8.58. The van der Waals surface area contributed by atoms with Crippen molar-refractivity contribution < 1.29 is 19.3 Å². The SMILES string of the molecule is O=C1C2C3CCCN3C3(C(=O)Nc4ccccc43)C2C(=O)N1c1cc([N+](=O)[O-])ccc1Cl. The van der Waals surface area contributed by atoms with Gasteiger partial charge in [0.25, 0.3) is 5.69 Å². The Kier molecular flexibility index (Phi) is 3.86. The van der Waals surface area contributed by atoms with E-state index in [0.29, 0.717) is 24.2 Å². The number of nitrogens with zero attached hydrogens (tertiary/aromatic N) is 3. The number of hydrogen-bond acceptors (Lipinski definition) is 6. The summed E-state index contributed by atoms with van der Waals surface area (Å²) in [4.78, 5) is 54.7. The average molecular weight is 453 g/mol. The summed E-state index contributed by atoms with van der Waals surface area (Å²) < 4.78 is 0. The third kappa shape index (κ3) is 2.14. The Bertz CT molecular complexity index is 1250. The van der Waals surface area contributed by atoms with E-state index in [4.69, 9.17) is 11.6 Å². The molecule has 0 radical (unpaired) electrons. The van der Waals surface area contributed by atoms with Gasteiger partial charge in [0.05, 0.1) is 27.5 Å². The molecule has 4 unspecified atom stereocenters. The van der Waals surface area contributed by atoms with Gasteiger partial charge in [-0.2, -0.15) is 0 Å². The molecular formula is C22H17ClN4O5. The molecule has 3 amide bonds. The monoisotopic (exact) mass is 452 g/mol. The van der Waals surface area contributed by atoms with E-state index in [1.807, 2.05) is 23.1 Å². The van der Waals surface area contributed by atoms with Gasteiger partial charge in [-0.25, -0.2) is 4.90 Å². The van der Waals surface area contributed by atoms with Crippen LogP contribution in [0.4, 0.5) is 17.1 Å². The lowest BCUT2D eigenvalue weighted by molar-refractivity contribution is -0.384. The summed E-state index contributed by atoms with van der Waals surface area (Å²) in [6.07, 6.45) is 1.50. The maximum atomic E-state index is 13.8. The van der Waals surface area contributed by atoms with E-state index < -0.39 is 34.1 Å². The predicted molar refractivity (Wildman–Crippen MR) is 114 cm³/mol. The van der Waals surface area contributed by atoms with Crippen LogP contribution in [0, 0.1) is 22.0 Å². The third-order valence-electron chi connectivity index (χ3n) is 7.28. The van der Waals surface area contributed by atoms with E-state index in [1.54, 1.807) is 6.07 Å². The summed E-state index contributed by atoms with van der Waals surface area (Å²) in [7, 11) is 0. The highest BCUT2D eigenvalue weighted by molar-refractivity contribution is 6.36. The number of non-ortho nitro benzene ring substituents is 1. The molecule has 4 atom stereocenters. The number of benzene rings is 2. The minimum atomic E-state index is -1.28. The molecule has 3 saturated heterocycles. The predicted octanol–water partition coefficient (Wildman–Crippen LogP) is 2.68. The molecule has 0 saturated carbocycles. The number of nitro benzene ring substituents is 1. The fourth-order valence-corrected chi connectivity index (χ4v) is 6.38. The Labute approximate surface area is 187 Å². The lowest BCUT2D eigenvalue weighted by Crippen LogP contribution is -2.54. The van der Waals surface area contributed by atoms with E-state index in [-0.39, 0.29) is 28.3 Å². The van der Waals surface area contributed by atoms with Gasteiger partial charge in [0, 0.05) is 29.4 Å². The molecule has 0 aromatic heterocycles. The molecule has 1 N–H and O–H groups in total. The van der Waals surface area contributed by atoms with E-state index in [0.717, 1.165) is 17.4 Å². The number of carbonyl (C=O) groups is 3. The van der Waals surface area contributed by atoms with Gasteiger partial charge in [-0.3, -0.25) is 29.4 Å².